The maximum absolute atomic E-state index is 11.9. The van der Waals surface area contributed by atoms with Crippen molar-refractivity contribution in [3.63, 3.8) is 0 Å². The second-order valence-corrected chi connectivity index (χ2v) is 6.23. The highest BCUT2D eigenvalue weighted by Gasteiger charge is 2.23. The number of hydrogen-bond acceptors (Lipinski definition) is 3. The Labute approximate surface area is 115 Å². The third-order valence-electron chi connectivity index (χ3n) is 3.64. The molecule has 1 amide bonds. The molecule has 0 bridgehead atoms. The predicted molar refractivity (Wildman–Crippen MR) is 76.6 cm³/mol. The van der Waals surface area contributed by atoms with Crippen LogP contribution in [0.4, 0.5) is 0 Å². The van der Waals surface area contributed by atoms with Crippen molar-refractivity contribution >= 4 is 5.91 Å². The molecule has 1 unspecified atom stereocenters. The molecule has 0 aliphatic rings. The molecule has 0 fully saturated rings. The van der Waals surface area contributed by atoms with Gasteiger partial charge in [0, 0.05) is 37.3 Å². The molecule has 5 nitrogen and oxygen atoms in total. The predicted octanol–water partition coefficient (Wildman–Crippen LogP) is 1.42. The lowest BCUT2D eigenvalue weighted by Gasteiger charge is -2.26. The van der Waals surface area contributed by atoms with Gasteiger partial charge in [-0.1, -0.05) is 20.8 Å². The van der Waals surface area contributed by atoms with E-state index in [4.69, 9.17) is 5.73 Å². The number of carbonyl (C=O) groups is 1. The molecule has 5 heteroatoms. The summed E-state index contributed by atoms with van der Waals surface area (Å²) in [5.74, 6) is -0.00919. The van der Waals surface area contributed by atoms with Crippen LogP contribution in [0.1, 0.15) is 44.1 Å². The van der Waals surface area contributed by atoms with Crippen LogP contribution in [0.25, 0.3) is 0 Å². The number of amides is 1. The van der Waals surface area contributed by atoms with Gasteiger partial charge in [0.05, 0.1) is 5.69 Å². The number of nitrogens with one attached hydrogen (secondary N) is 1. The molecular weight excluding hydrogens is 240 g/mol. The molecular formula is C14H26N4O. The van der Waals surface area contributed by atoms with E-state index in [1.165, 1.54) is 0 Å². The van der Waals surface area contributed by atoms with E-state index in [1.54, 1.807) is 0 Å². The van der Waals surface area contributed by atoms with E-state index < -0.39 is 0 Å². The molecule has 0 aromatic carbocycles. The van der Waals surface area contributed by atoms with Crippen molar-refractivity contribution in [1.29, 1.82) is 0 Å². The summed E-state index contributed by atoms with van der Waals surface area (Å²) in [5, 5.41) is 7.25. The first-order valence-corrected chi connectivity index (χ1v) is 6.64. The highest BCUT2D eigenvalue weighted by atomic mass is 16.1. The minimum Gasteiger partial charge on any atom is -0.352 e. The van der Waals surface area contributed by atoms with E-state index in [0.29, 0.717) is 13.0 Å². The number of aromatic nitrogens is 2. The summed E-state index contributed by atoms with van der Waals surface area (Å²) in [4.78, 5) is 11.9. The molecule has 1 rings (SSSR count). The summed E-state index contributed by atoms with van der Waals surface area (Å²) < 4.78 is 1.83. The molecule has 0 saturated heterocycles. The molecule has 1 heterocycles. The van der Waals surface area contributed by atoms with E-state index >= 15 is 0 Å². The van der Waals surface area contributed by atoms with Gasteiger partial charge in [0.2, 0.25) is 5.91 Å². The fourth-order valence-corrected chi connectivity index (χ4v) is 1.84. The average Bonchev–Trinajstić information content (AvgIpc) is 2.49. The van der Waals surface area contributed by atoms with E-state index in [2.05, 4.69) is 10.4 Å². The van der Waals surface area contributed by atoms with Crippen LogP contribution in [-0.2, 0) is 18.4 Å². The lowest BCUT2D eigenvalue weighted by atomic mass is 9.85. The molecule has 0 radical (unpaired) electrons. The largest absolute Gasteiger partial charge is 0.352 e. The Bertz CT molecular complexity index is 457. The zero-order valence-corrected chi connectivity index (χ0v) is 12.9. The molecule has 0 aliphatic heterocycles. The first-order valence-electron chi connectivity index (χ1n) is 6.64. The first kappa shape index (κ1) is 15.7. The van der Waals surface area contributed by atoms with Crippen molar-refractivity contribution in [1.82, 2.24) is 15.1 Å². The number of hydrogen-bond donors (Lipinski definition) is 2. The van der Waals surface area contributed by atoms with Crippen molar-refractivity contribution in [2.75, 3.05) is 0 Å². The van der Waals surface area contributed by atoms with Gasteiger partial charge in [0.15, 0.2) is 0 Å². The van der Waals surface area contributed by atoms with Gasteiger partial charge in [-0.2, -0.15) is 5.10 Å². The number of aryl methyl sites for hydroxylation is 2. The second-order valence-electron chi connectivity index (χ2n) is 6.23. The fraction of sp³-hybridized carbons (Fsp3) is 0.714. The van der Waals surface area contributed by atoms with Crippen LogP contribution in [0.3, 0.4) is 0 Å². The van der Waals surface area contributed by atoms with Crippen molar-refractivity contribution in [2.24, 2.45) is 18.2 Å². The second kappa shape index (κ2) is 5.74. The van der Waals surface area contributed by atoms with E-state index in [9.17, 15) is 4.79 Å². The normalized spacial score (nSPS) is 13.4. The van der Waals surface area contributed by atoms with Crippen molar-refractivity contribution < 1.29 is 4.79 Å². The SMILES string of the molecule is Cc1nn(C)c(C)c1CNC(=O)CC(N)C(C)(C)C. The van der Waals surface area contributed by atoms with E-state index in [-0.39, 0.29) is 17.4 Å². The topological polar surface area (TPSA) is 72.9 Å². The van der Waals surface area contributed by atoms with Crippen molar-refractivity contribution in [3.05, 3.63) is 17.0 Å². The maximum atomic E-state index is 11.9. The molecule has 19 heavy (non-hydrogen) atoms. The van der Waals surface area contributed by atoms with Crippen LogP contribution in [0.2, 0.25) is 0 Å². The van der Waals surface area contributed by atoms with Gasteiger partial charge in [0.25, 0.3) is 0 Å². The quantitative estimate of drug-likeness (QED) is 0.865. The Hall–Kier alpha value is -1.36. The van der Waals surface area contributed by atoms with Gasteiger partial charge >= 0.3 is 0 Å². The highest BCUT2D eigenvalue weighted by Crippen LogP contribution is 2.19. The Morgan fingerprint density at radius 3 is 2.42 bits per heavy atom. The monoisotopic (exact) mass is 266 g/mol. The fourth-order valence-electron chi connectivity index (χ4n) is 1.84. The number of rotatable bonds is 4. The Morgan fingerprint density at radius 1 is 1.42 bits per heavy atom. The Balaban J connectivity index is 2.56. The minimum atomic E-state index is -0.136. The van der Waals surface area contributed by atoms with Gasteiger partial charge in [-0.25, -0.2) is 0 Å². The third-order valence-corrected chi connectivity index (χ3v) is 3.64. The minimum absolute atomic E-state index is 0.00919. The first-order chi connectivity index (χ1) is 8.62. The maximum Gasteiger partial charge on any atom is 0.221 e. The van der Waals surface area contributed by atoms with Gasteiger partial charge in [-0.15, -0.1) is 0 Å². The van der Waals surface area contributed by atoms with Crippen molar-refractivity contribution in [2.45, 2.75) is 53.6 Å². The summed E-state index contributed by atoms with van der Waals surface area (Å²) in [7, 11) is 1.91. The molecule has 108 valence electrons. The molecule has 1 aromatic heterocycles. The third kappa shape index (κ3) is 4.06. The lowest BCUT2D eigenvalue weighted by molar-refractivity contribution is -0.122. The number of carbonyl (C=O) groups excluding carboxylic acids is 1. The summed E-state index contributed by atoms with van der Waals surface area (Å²) in [6, 6.07) is -0.136. The standard InChI is InChI=1S/C14H26N4O/c1-9-11(10(2)18(6)17-9)8-16-13(19)7-12(15)14(3,4)5/h12H,7-8,15H2,1-6H3,(H,16,19). The molecule has 3 N–H and O–H groups in total. The smallest absolute Gasteiger partial charge is 0.221 e. The van der Waals surface area contributed by atoms with E-state index in [0.717, 1.165) is 17.0 Å². The van der Waals surface area contributed by atoms with Gasteiger partial charge < -0.3 is 11.1 Å². The molecule has 0 aliphatic carbocycles. The summed E-state index contributed by atoms with van der Waals surface area (Å²) in [6.45, 7) is 10.6. The van der Waals surface area contributed by atoms with Crippen LogP contribution in [0.15, 0.2) is 0 Å². The summed E-state index contributed by atoms with van der Waals surface area (Å²) in [5.41, 5.74) is 9.07. The van der Waals surface area contributed by atoms with Crippen LogP contribution < -0.4 is 11.1 Å². The average molecular weight is 266 g/mol. The van der Waals surface area contributed by atoms with Crippen LogP contribution >= 0.6 is 0 Å². The highest BCUT2D eigenvalue weighted by molar-refractivity contribution is 5.76. The van der Waals surface area contributed by atoms with Gasteiger partial charge in [-0.05, 0) is 19.3 Å². The lowest BCUT2D eigenvalue weighted by Crippen LogP contribution is -2.40. The number of nitrogens with zero attached hydrogens (tertiary/aromatic N) is 2. The number of nitrogens with two attached hydrogens (primary N) is 1. The van der Waals surface area contributed by atoms with Crippen LogP contribution in [0.5, 0.6) is 0 Å². The molecule has 0 saturated carbocycles. The van der Waals surface area contributed by atoms with Gasteiger partial charge in [0.1, 0.15) is 0 Å². The van der Waals surface area contributed by atoms with E-state index in [1.807, 2.05) is 46.3 Å². The van der Waals surface area contributed by atoms with Crippen molar-refractivity contribution in [3.8, 4) is 0 Å². The molecule has 0 spiro atoms. The zero-order valence-electron chi connectivity index (χ0n) is 12.9. The molecule has 1 aromatic rings. The summed E-state index contributed by atoms with van der Waals surface area (Å²) >= 11 is 0. The van der Waals surface area contributed by atoms with Crippen LogP contribution in [-0.4, -0.2) is 21.7 Å². The zero-order chi connectivity index (χ0) is 14.8. The Morgan fingerprint density at radius 2 is 2.00 bits per heavy atom. The molecule has 1 atom stereocenters. The van der Waals surface area contributed by atoms with Crippen LogP contribution in [0, 0.1) is 19.3 Å². The van der Waals surface area contributed by atoms with Gasteiger partial charge in [-0.3, -0.25) is 9.48 Å². The Kier molecular flexibility index (Phi) is 4.74. The summed E-state index contributed by atoms with van der Waals surface area (Å²) in [6.07, 6.45) is 0.349.